The lowest BCUT2D eigenvalue weighted by molar-refractivity contribution is -0.143. The van der Waals surface area contributed by atoms with E-state index in [0.29, 0.717) is 17.0 Å². The van der Waals surface area contributed by atoms with Gasteiger partial charge in [0.15, 0.2) is 0 Å². The van der Waals surface area contributed by atoms with E-state index in [0.717, 1.165) is 0 Å². The highest BCUT2D eigenvalue weighted by molar-refractivity contribution is 7.98. The van der Waals surface area contributed by atoms with Crippen LogP contribution in [-0.4, -0.2) is 91.1 Å². The van der Waals surface area contributed by atoms with E-state index in [-0.39, 0.29) is 31.4 Å². The zero-order valence-electron chi connectivity index (χ0n) is 21.8. The standard InChI is InChI=1S/C25H34N6O8S/c1-40-9-8-18(23(36)30-19(25(38)39)6-7-21(33)34)29-24(37)20(11-15-12-27-13-28-15)31-22(35)17(26)10-14-2-4-16(32)5-3-14/h2-5,12-13,17-20,32H,6-11,26H2,1H3,(H,27,28)(H,29,37)(H,30,36)(H,31,35)(H,33,34)(H,38,39). The summed E-state index contributed by atoms with van der Waals surface area (Å²) in [4.78, 5) is 68.4. The Morgan fingerprint density at radius 3 is 2.12 bits per heavy atom. The molecular weight excluding hydrogens is 544 g/mol. The van der Waals surface area contributed by atoms with Gasteiger partial charge in [-0.15, -0.1) is 0 Å². The van der Waals surface area contributed by atoms with Crippen molar-refractivity contribution in [1.82, 2.24) is 25.9 Å². The Balaban J connectivity index is 2.15. The van der Waals surface area contributed by atoms with Gasteiger partial charge in [0.1, 0.15) is 23.9 Å². The van der Waals surface area contributed by atoms with E-state index in [1.165, 1.54) is 36.4 Å². The Bertz CT molecular complexity index is 1140. The van der Waals surface area contributed by atoms with Gasteiger partial charge in [-0.05, 0) is 49.0 Å². The molecule has 0 fully saturated rings. The zero-order valence-corrected chi connectivity index (χ0v) is 22.6. The Kier molecular flexibility index (Phi) is 12.9. The van der Waals surface area contributed by atoms with E-state index >= 15 is 0 Å². The molecule has 0 aliphatic rings. The number of carbonyl (C=O) groups excluding carboxylic acids is 3. The summed E-state index contributed by atoms with van der Waals surface area (Å²) in [5.74, 6) is -4.24. The average molecular weight is 579 g/mol. The quantitative estimate of drug-likeness (QED) is 0.118. The molecule has 218 valence electrons. The van der Waals surface area contributed by atoms with Crippen LogP contribution in [0.5, 0.6) is 5.75 Å². The number of H-pyrrole nitrogens is 1. The van der Waals surface area contributed by atoms with Crippen LogP contribution in [0.1, 0.15) is 30.5 Å². The van der Waals surface area contributed by atoms with Crippen LogP contribution in [0.2, 0.25) is 0 Å². The number of benzene rings is 1. The topological polar surface area (TPSA) is 237 Å². The van der Waals surface area contributed by atoms with Crippen molar-refractivity contribution in [1.29, 1.82) is 0 Å². The molecule has 15 heteroatoms. The molecule has 1 heterocycles. The maximum Gasteiger partial charge on any atom is 0.326 e. The van der Waals surface area contributed by atoms with Crippen LogP contribution in [0.25, 0.3) is 0 Å². The number of aliphatic carboxylic acids is 2. The number of aromatic amines is 1. The molecule has 1 aromatic carbocycles. The molecule has 0 aliphatic heterocycles. The number of thioether (sulfide) groups is 1. The van der Waals surface area contributed by atoms with Gasteiger partial charge in [0.25, 0.3) is 0 Å². The maximum atomic E-state index is 13.3. The van der Waals surface area contributed by atoms with Crippen LogP contribution in [0, 0.1) is 0 Å². The first-order valence-electron chi connectivity index (χ1n) is 12.4. The number of carboxylic acid groups (broad SMARTS) is 2. The molecule has 14 nitrogen and oxygen atoms in total. The summed E-state index contributed by atoms with van der Waals surface area (Å²) in [5, 5.41) is 35.2. The van der Waals surface area contributed by atoms with Crippen LogP contribution in [0.15, 0.2) is 36.8 Å². The SMILES string of the molecule is CSCCC(NC(=O)C(Cc1cnc[nH]1)NC(=O)C(N)Cc1ccc(O)cc1)C(=O)NC(CCC(=O)O)C(=O)O. The Hall–Kier alpha value is -4.11. The number of aromatic nitrogens is 2. The fourth-order valence-corrected chi connectivity index (χ4v) is 4.13. The van der Waals surface area contributed by atoms with Gasteiger partial charge in [0.05, 0.1) is 12.4 Å². The molecule has 2 rings (SSSR count). The van der Waals surface area contributed by atoms with Crippen LogP contribution in [0.3, 0.4) is 0 Å². The van der Waals surface area contributed by atoms with Crippen molar-refractivity contribution < 1.29 is 39.3 Å². The largest absolute Gasteiger partial charge is 0.508 e. The second-order valence-electron chi connectivity index (χ2n) is 8.99. The van der Waals surface area contributed by atoms with Crippen molar-refractivity contribution in [3.63, 3.8) is 0 Å². The first-order chi connectivity index (χ1) is 19.0. The van der Waals surface area contributed by atoms with Gasteiger partial charge in [-0.25, -0.2) is 9.78 Å². The summed E-state index contributed by atoms with van der Waals surface area (Å²) in [6.07, 6.45) is 4.14. The molecule has 3 amide bonds. The number of hydrogen-bond acceptors (Lipinski definition) is 9. The highest BCUT2D eigenvalue weighted by Gasteiger charge is 2.30. The first kappa shape index (κ1) is 32.1. The molecular formula is C25H34N6O8S. The molecule has 0 bridgehead atoms. The number of imidazole rings is 1. The van der Waals surface area contributed by atoms with Gasteiger partial charge in [-0.1, -0.05) is 12.1 Å². The number of rotatable bonds is 17. The van der Waals surface area contributed by atoms with Crippen molar-refractivity contribution >= 4 is 41.4 Å². The molecule has 4 unspecified atom stereocenters. The molecule has 9 N–H and O–H groups in total. The first-order valence-corrected chi connectivity index (χ1v) is 13.7. The number of nitrogens with two attached hydrogens (primary N) is 1. The summed E-state index contributed by atoms with van der Waals surface area (Å²) in [6.45, 7) is 0. The molecule has 1 aromatic heterocycles. The van der Waals surface area contributed by atoms with Gasteiger partial charge in [-0.2, -0.15) is 11.8 Å². The lowest BCUT2D eigenvalue weighted by Crippen LogP contribution is -2.58. The van der Waals surface area contributed by atoms with Crippen LogP contribution >= 0.6 is 11.8 Å². The van der Waals surface area contributed by atoms with E-state index in [2.05, 4.69) is 25.9 Å². The van der Waals surface area contributed by atoms with Gasteiger partial charge >= 0.3 is 11.9 Å². The summed E-state index contributed by atoms with van der Waals surface area (Å²) in [7, 11) is 0. The zero-order chi connectivity index (χ0) is 29.7. The van der Waals surface area contributed by atoms with Crippen LogP contribution in [-0.2, 0) is 36.8 Å². The molecule has 4 atom stereocenters. The fraction of sp³-hybridized carbons (Fsp3) is 0.440. The number of aromatic hydroxyl groups is 1. The smallest absolute Gasteiger partial charge is 0.326 e. The van der Waals surface area contributed by atoms with E-state index in [1.54, 1.807) is 18.4 Å². The number of phenols is 1. The van der Waals surface area contributed by atoms with Crippen molar-refractivity contribution in [2.24, 2.45) is 5.73 Å². The Labute approximate surface area is 234 Å². The Morgan fingerprint density at radius 2 is 1.55 bits per heavy atom. The van der Waals surface area contributed by atoms with E-state index in [9.17, 15) is 34.2 Å². The summed E-state index contributed by atoms with van der Waals surface area (Å²) in [5.41, 5.74) is 7.29. The third-order valence-electron chi connectivity index (χ3n) is 5.85. The lowest BCUT2D eigenvalue weighted by Gasteiger charge is -2.25. The second-order valence-corrected chi connectivity index (χ2v) is 9.98. The molecule has 0 aliphatic carbocycles. The Morgan fingerprint density at radius 1 is 0.925 bits per heavy atom. The van der Waals surface area contributed by atoms with Gasteiger partial charge in [0.2, 0.25) is 17.7 Å². The molecule has 2 aromatic rings. The predicted molar refractivity (Wildman–Crippen MR) is 145 cm³/mol. The summed E-state index contributed by atoms with van der Waals surface area (Å²) >= 11 is 1.40. The lowest BCUT2D eigenvalue weighted by atomic mass is 10.0. The van der Waals surface area contributed by atoms with Crippen molar-refractivity contribution in [3.8, 4) is 5.75 Å². The van der Waals surface area contributed by atoms with Crippen molar-refractivity contribution in [2.45, 2.75) is 56.3 Å². The number of carboxylic acids is 2. The number of phenolic OH excluding ortho intramolecular Hbond substituents is 1. The number of hydrogen-bond donors (Lipinski definition) is 8. The van der Waals surface area contributed by atoms with E-state index in [4.69, 9.17) is 10.8 Å². The third kappa shape index (κ3) is 10.9. The van der Waals surface area contributed by atoms with Crippen molar-refractivity contribution in [2.75, 3.05) is 12.0 Å². The molecule has 0 spiro atoms. The molecule has 0 saturated carbocycles. The fourth-order valence-electron chi connectivity index (χ4n) is 3.66. The van der Waals surface area contributed by atoms with Crippen LogP contribution in [0.4, 0.5) is 0 Å². The number of nitrogens with zero attached hydrogens (tertiary/aromatic N) is 1. The highest BCUT2D eigenvalue weighted by atomic mass is 32.2. The van der Waals surface area contributed by atoms with Gasteiger partial charge < -0.3 is 42.0 Å². The monoisotopic (exact) mass is 578 g/mol. The average Bonchev–Trinajstić information content (AvgIpc) is 3.42. The van der Waals surface area contributed by atoms with E-state index < -0.39 is 60.2 Å². The third-order valence-corrected chi connectivity index (χ3v) is 6.49. The minimum atomic E-state index is -1.46. The summed E-state index contributed by atoms with van der Waals surface area (Å²) in [6, 6.07) is 1.36. The molecule has 40 heavy (non-hydrogen) atoms. The van der Waals surface area contributed by atoms with Gasteiger partial charge in [0, 0.05) is 24.7 Å². The minimum Gasteiger partial charge on any atom is -0.508 e. The van der Waals surface area contributed by atoms with Gasteiger partial charge in [-0.3, -0.25) is 19.2 Å². The number of amides is 3. The van der Waals surface area contributed by atoms with Crippen molar-refractivity contribution in [3.05, 3.63) is 48.0 Å². The predicted octanol–water partition coefficient (Wildman–Crippen LogP) is -0.615. The summed E-state index contributed by atoms with van der Waals surface area (Å²) < 4.78 is 0. The van der Waals surface area contributed by atoms with E-state index in [1.807, 2.05) is 0 Å². The van der Waals surface area contributed by atoms with Crippen LogP contribution < -0.4 is 21.7 Å². The molecule has 0 radical (unpaired) electrons. The molecule has 0 saturated heterocycles. The number of nitrogens with one attached hydrogen (secondary N) is 4. The highest BCUT2D eigenvalue weighted by Crippen LogP contribution is 2.11. The normalized spacial score (nSPS) is 13.8. The second kappa shape index (κ2) is 16.1. The number of carbonyl (C=O) groups is 5. The minimum absolute atomic E-state index is 0.00324. The maximum absolute atomic E-state index is 13.3.